The smallest absolute Gasteiger partial charge is 0.311 e. The second kappa shape index (κ2) is 7.42. The lowest BCUT2D eigenvalue weighted by molar-refractivity contribution is -0.145. The fourth-order valence-corrected chi connectivity index (χ4v) is 2.82. The summed E-state index contributed by atoms with van der Waals surface area (Å²) in [6.07, 6.45) is 2.96. The standard InChI is InChI=1S/C16H25N3O3/c1-4-12(5-2)14-8-13(22-18-14)9-17-15(20)16(21)19-7-6-11(3)10-19/h8,11-12H,4-7,9-10H2,1-3H3,(H,17,20). The van der Waals surface area contributed by atoms with Crippen molar-refractivity contribution in [2.75, 3.05) is 13.1 Å². The summed E-state index contributed by atoms with van der Waals surface area (Å²) in [5.41, 5.74) is 0.911. The molecule has 2 heterocycles. The van der Waals surface area contributed by atoms with Gasteiger partial charge < -0.3 is 14.7 Å². The Labute approximate surface area is 131 Å². The molecule has 1 unspecified atom stereocenters. The Bertz CT molecular complexity index is 522. The highest BCUT2D eigenvalue weighted by molar-refractivity contribution is 6.35. The second-order valence-corrected chi connectivity index (χ2v) is 6.06. The zero-order valence-electron chi connectivity index (χ0n) is 13.6. The number of nitrogens with one attached hydrogen (secondary N) is 1. The van der Waals surface area contributed by atoms with E-state index in [0.717, 1.165) is 25.0 Å². The molecular weight excluding hydrogens is 282 g/mol. The molecule has 0 spiro atoms. The number of amides is 2. The molecule has 2 rings (SSSR count). The summed E-state index contributed by atoms with van der Waals surface area (Å²) in [6, 6.07) is 1.86. The predicted octanol–water partition coefficient (Wildman–Crippen LogP) is 2.06. The van der Waals surface area contributed by atoms with Crippen molar-refractivity contribution in [2.45, 2.75) is 52.5 Å². The number of rotatable bonds is 5. The van der Waals surface area contributed by atoms with Gasteiger partial charge in [0.15, 0.2) is 5.76 Å². The van der Waals surface area contributed by atoms with E-state index in [1.54, 1.807) is 4.90 Å². The van der Waals surface area contributed by atoms with Crippen molar-refractivity contribution in [3.8, 4) is 0 Å². The van der Waals surface area contributed by atoms with E-state index in [2.05, 4.69) is 31.2 Å². The topological polar surface area (TPSA) is 75.4 Å². The van der Waals surface area contributed by atoms with Crippen LogP contribution in [0.5, 0.6) is 0 Å². The van der Waals surface area contributed by atoms with E-state index in [-0.39, 0.29) is 6.54 Å². The van der Waals surface area contributed by atoms with E-state index in [0.29, 0.717) is 30.7 Å². The number of likely N-dealkylation sites (tertiary alicyclic amines) is 1. The lowest BCUT2D eigenvalue weighted by Crippen LogP contribution is -2.41. The molecule has 0 radical (unpaired) electrons. The summed E-state index contributed by atoms with van der Waals surface area (Å²) in [5, 5.41) is 6.66. The van der Waals surface area contributed by atoms with E-state index < -0.39 is 11.8 Å². The first-order valence-corrected chi connectivity index (χ1v) is 8.07. The zero-order chi connectivity index (χ0) is 16.1. The van der Waals surface area contributed by atoms with Crippen LogP contribution in [-0.4, -0.2) is 35.0 Å². The van der Waals surface area contributed by atoms with Crippen LogP contribution in [0.15, 0.2) is 10.6 Å². The van der Waals surface area contributed by atoms with Gasteiger partial charge in [0.25, 0.3) is 0 Å². The number of carbonyl (C=O) groups excluding carboxylic acids is 2. The molecule has 122 valence electrons. The van der Waals surface area contributed by atoms with Crippen molar-refractivity contribution in [2.24, 2.45) is 5.92 Å². The third-order valence-corrected chi connectivity index (χ3v) is 4.31. The number of hydrogen-bond donors (Lipinski definition) is 1. The van der Waals surface area contributed by atoms with Gasteiger partial charge in [-0.2, -0.15) is 0 Å². The number of aromatic nitrogens is 1. The summed E-state index contributed by atoms with van der Waals surface area (Å²) in [5.74, 6) is 0.394. The van der Waals surface area contributed by atoms with Crippen molar-refractivity contribution < 1.29 is 14.1 Å². The molecule has 1 fully saturated rings. The molecule has 0 aliphatic carbocycles. The minimum atomic E-state index is -0.574. The van der Waals surface area contributed by atoms with Crippen LogP contribution in [0.25, 0.3) is 0 Å². The van der Waals surface area contributed by atoms with Crippen molar-refractivity contribution in [3.05, 3.63) is 17.5 Å². The van der Waals surface area contributed by atoms with Crippen LogP contribution in [0.3, 0.4) is 0 Å². The molecule has 1 aliphatic rings. The number of nitrogens with zero attached hydrogens (tertiary/aromatic N) is 2. The molecule has 1 aromatic heterocycles. The van der Waals surface area contributed by atoms with Gasteiger partial charge in [-0.05, 0) is 25.2 Å². The maximum Gasteiger partial charge on any atom is 0.311 e. The second-order valence-electron chi connectivity index (χ2n) is 6.06. The fraction of sp³-hybridized carbons (Fsp3) is 0.688. The average Bonchev–Trinajstić information content (AvgIpc) is 3.15. The molecule has 0 saturated carbocycles. The van der Waals surface area contributed by atoms with Gasteiger partial charge in [0.2, 0.25) is 0 Å². The van der Waals surface area contributed by atoms with E-state index in [9.17, 15) is 9.59 Å². The molecule has 2 amide bonds. The average molecular weight is 307 g/mol. The molecule has 1 N–H and O–H groups in total. The summed E-state index contributed by atoms with van der Waals surface area (Å²) < 4.78 is 5.23. The van der Waals surface area contributed by atoms with E-state index in [1.165, 1.54) is 0 Å². The molecular formula is C16H25N3O3. The zero-order valence-corrected chi connectivity index (χ0v) is 13.6. The van der Waals surface area contributed by atoms with Crippen molar-refractivity contribution in [1.29, 1.82) is 0 Å². The van der Waals surface area contributed by atoms with E-state index >= 15 is 0 Å². The van der Waals surface area contributed by atoms with Crippen molar-refractivity contribution >= 4 is 11.8 Å². The van der Waals surface area contributed by atoms with Gasteiger partial charge in [0.1, 0.15) is 0 Å². The lowest BCUT2D eigenvalue weighted by Gasteiger charge is -2.14. The van der Waals surface area contributed by atoms with Crippen LogP contribution in [0.2, 0.25) is 0 Å². The molecule has 6 heteroatoms. The molecule has 0 bridgehead atoms. The third kappa shape index (κ3) is 3.87. The minimum Gasteiger partial charge on any atom is -0.359 e. The van der Waals surface area contributed by atoms with Crippen LogP contribution in [0, 0.1) is 5.92 Å². The van der Waals surface area contributed by atoms with Gasteiger partial charge in [0.05, 0.1) is 12.2 Å². The quantitative estimate of drug-likeness (QED) is 0.845. The largest absolute Gasteiger partial charge is 0.359 e. The summed E-state index contributed by atoms with van der Waals surface area (Å²) in [4.78, 5) is 25.5. The molecule has 1 atom stereocenters. The van der Waals surface area contributed by atoms with Gasteiger partial charge in [0, 0.05) is 25.1 Å². The highest BCUT2D eigenvalue weighted by Gasteiger charge is 2.27. The minimum absolute atomic E-state index is 0.196. The Morgan fingerprint density at radius 2 is 2.18 bits per heavy atom. The van der Waals surface area contributed by atoms with Gasteiger partial charge >= 0.3 is 11.8 Å². The number of carbonyl (C=O) groups is 2. The fourth-order valence-electron chi connectivity index (χ4n) is 2.82. The van der Waals surface area contributed by atoms with Crippen LogP contribution in [0.1, 0.15) is 57.4 Å². The molecule has 6 nitrogen and oxygen atoms in total. The Hall–Kier alpha value is -1.85. The lowest BCUT2D eigenvalue weighted by atomic mass is 9.99. The Balaban J connectivity index is 1.85. The van der Waals surface area contributed by atoms with Crippen LogP contribution in [0.4, 0.5) is 0 Å². The summed E-state index contributed by atoms with van der Waals surface area (Å²) >= 11 is 0. The molecule has 0 aromatic carbocycles. The number of hydrogen-bond acceptors (Lipinski definition) is 4. The van der Waals surface area contributed by atoms with Crippen molar-refractivity contribution in [1.82, 2.24) is 15.4 Å². The monoisotopic (exact) mass is 307 g/mol. The van der Waals surface area contributed by atoms with Crippen LogP contribution >= 0.6 is 0 Å². The Morgan fingerprint density at radius 3 is 2.77 bits per heavy atom. The first-order chi connectivity index (χ1) is 10.5. The third-order valence-electron chi connectivity index (χ3n) is 4.31. The van der Waals surface area contributed by atoms with E-state index in [1.807, 2.05) is 6.07 Å². The van der Waals surface area contributed by atoms with Gasteiger partial charge in [-0.25, -0.2) is 0 Å². The van der Waals surface area contributed by atoms with Crippen molar-refractivity contribution in [3.63, 3.8) is 0 Å². The molecule has 22 heavy (non-hydrogen) atoms. The van der Waals surface area contributed by atoms with E-state index in [4.69, 9.17) is 4.52 Å². The maximum atomic E-state index is 12.0. The maximum absolute atomic E-state index is 12.0. The highest BCUT2D eigenvalue weighted by atomic mass is 16.5. The SMILES string of the molecule is CCC(CC)c1cc(CNC(=O)C(=O)N2CCC(C)C2)on1. The predicted molar refractivity (Wildman–Crippen MR) is 82.0 cm³/mol. The van der Waals surface area contributed by atoms with Gasteiger partial charge in [-0.15, -0.1) is 0 Å². The summed E-state index contributed by atoms with van der Waals surface area (Å²) in [6.45, 7) is 7.82. The molecule has 1 aromatic rings. The normalized spacial score (nSPS) is 18.0. The first kappa shape index (κ1) is 16.5. The Morgan fingerprint density at radius 1 is 1.45 bits per heavy atom. The highest BCUT2D eigenvalue weighted by Crippen LogP contribution is 2.22. The molecule has 1 saturated heterocycles. The summed E-state index contributed by atoms with van der Waals surface area (Å²) in [7, 11) is 0. The van der Waals surface area contributed by atoms with Gasteiger partial charge in [-0.1, -0.05) is 25.9 Å². The Kier molecular flexibility index (Phi) is 5.57. The van der Waals surface area contributed by atoms with Crippen LogP contribution in [-0.2, 0) is 16.1 Å². The molecule has 1 aliphatic heterocycles. The first-order valence-electron chi connectivity index (χ1n) is 8.07. The van der Waals surface area contributed by atoms with Gasteiger partial charge in [-0.3, -0.25) is 9.59 Å². The van der Waals surface area contributed by atoms with Crippen LogP contribution < -0.4 is 5.32 Å².